The highest BCUT2D eigenvalue weighted by Gasteiger charge is 2.17. The van der Waals surface area contributed by atoms with Crippen LogP contribution in [0.4, 0.5) is 0 Å². The number of carbonyl (C=O) groups is 2. The topological polar surface area (TPSA) is 110 Å². The van der Waals surface area contributed by atoms with Gasteiger partial charge in [0.1, 0.15) is 18.1 Å². The SMILES string of the molecule is CCc1ccc(C(=O)NNC(=O)Cn2c(CS(C)(=O)=O)nc3ccccc32)cc1. The molecule has 0 aliphatic rings. The number of carbonyl (C=O) groups excluding carboxylic acids is 2. The largest absolute Gasteiger partial charge is 0.318 e. The molecule has 2 amide bonds. The van der Waals surface area contributed by atoms with E-state index >= 15 is 0 Å². The van der Waals surface area contributed by atoms with E-state index in [0.29, 0.717) is 16.6 Å². The molecule has 1 heterocycles. The van der Waals surface area contributed by atoms with E-state index in [1.807, 2.05) is 19.1 Å². The second-order valence-corrected chi connectivity index (χ2v) is 8.87. The molecule has 29 heavy (non-hydrogen) atoms. The fourth-order valence-corrected chi connectivity index (χ4v) is 3.61. The van der Waals surface area contributed by atoms with E-state index in [1.54, 1.807) is 36.4 Å². The van der Waals surface area contributed by atoms with Gasteiger partial charge in [0, 0.05) is 11.8 Å². The predicted molar refractivity (Wildman–Crippen MR) is 110 cm³/mol. The van der Waals surface area contributed by atoms with Crippen molar-refractivity contribution in [3.63, 3.8) is 0 Å². The number of sulfone groups is 1. The standard InChI is InChI=1S/C20H22N4O4S/c1-3-14-8-10-15(11-9-14)20(26)23-22-19(25)12-24-17-7-5-4-6-16(17)21-18(24)13-29(2,27)28/h4-11H,3,12-13H2,1-2H3,(H,22,25)(H,23,26). The number of aromatic nitrogens is 2. The lowest BCUT2D eigenvalue weighted by molar-refractivity contribution is -0.122. The van der Waals surface area contributed by atoms with Crippen LogP contribution in [0.5, 0.6) is 0 Å². The molecule has 8 nitrogen and oxygen atoms in total. The molecular weight excluding hydrogens is 392 g/mol. The number of imidazole rings is 1. The molecule has 0 fully saturated rings. The lowest BCUT2D eigenvalue weighted by atomic mass is 10.1. The summed E-state index contributed by atoms with van der Waals surface area (Å²) in [6.45, 7) is 1.84. The Morgan fingerprint density at radius 3 is 2.38 bits per heavy atom. The van der Waals surface area contributed by atoms with Gasteiger partial charge in [0.15, 0.2) is 9.84 Å². The lowest BCUT2D eigenvalue weighted by Crippen LogP contribution is -2.43. The van der Waals surface area contributed by atoms with Gasteiger partial charge < -0.3 is 4.57 Å². The Balaban J connectivity index is 1.72. The number of aryl methyl sites for hydroxylation is 1. The Kier molecular flexibility index (Phi) is 5.97. The van der Waals surface area contributed by atoms with Crippen LogP contribution in [0, 0.1) is 0 Å². The van der Waals surface area contributed by atoms with Crippen LogP contribution in [0.2, 0.25) is 0 Å². The van der Waals surface area contributed by atoms with E-state index in [2.05, 4.69) is 15.8 Å². The van der Waals surface area contributed by atoms with Crippen molar-refractivity contribution in [3.8, 4) is 0 Å². The van der Waals surface area contributed by atoms with Crippen molar-refractivity contribution in [2.45, 2.75) is 25.6 Å². The van der Waals surface area contributed by atoms with Gasteiger partial charge in [-0.3, -0.25) is 20.4 Å². The summed E-state index contributed by atoms with van der Waals surface area (Å²) in [5.74, 6) is -0.954. The van der Waals surface area contributed by atoms with Gasteiger partial charge in [-0.1, -0.05) is 31.2 Å². The summed E-state index contributed by atoms with van der Waals surface area (Å²) in [4.78, 5) is 28.9. The van der Waals surface area contributed by atoms with Gasteiger partial charge in [-0.05, 0) is 36.2 Å². The summed E-state index contributed by atoms with van der Waals surface area (Å²) in [5, 5.41) is 0. The molecule has 0 atom stereocenters. The van der Waals surface area contributed by atoms with Crippen molar-refractivity contribution in [1.29, 1.82) is 0 Å². The minimum absolute atomic E-state index is 0.180. The molecule has 0 aliphatic heterocycles. The fourth-order valence-electron chi connectivity index (χ4n) is 2.92. The van der Waals surface area contributed by atoms with Crippen LogP contribution in [-0.2, 0) is 33.4 Å². The van der Waals surface area contributed by atoms with Crippen LogP contribution < -0.4 is 10.9 Å². The zero-order chi connectivity index (χ0) is 21.0. The van der Waals surface area contributed by atoms with Crippen LogP contribution in [0.1, 0.15) is 28.7 Å². The minimum Gasteiger partial charge on any atom is -0.318 e. The molecule has 0 radical (unpaired) electrons. The highest BCUT2D eigenvalue weighted by atomic mass is 32.2. The van der Waals surface area contributed by atoms with Crippen molar-refractivity contribution >= 4 is 32.7 Å². The number of para-hydroxylation sites is 2. The van der Waals surface area contributed by atoms with Gasteiger partial charge in [-0.15, -0.1) is 0 Å². The van der Waals surface area contributed by atoms with Gasteiger partial charge in [0.25, 0.3) is 11.8 Å². The average Bonchev–Trinajstić information content (AvgIpc) is 3.01. The van der Waals surface area contributed by atoms with E-state index in [4.69, 9.17) is 0 Å². The molecule has 152 valence electrons. The number of rotatable bonds is 6. The third kappa shape index (κ3) is 5.20. The smallest absolute Gasteiger partial charge is 0.269 e. The maximum atomic E-state index is 12.4. The molecular formula is C20H22N4O4S. The molecule has 0 saturated heterocycles. The Morgan fingerprint density at radius 1 is 1.03 bits per heavy atom. The van der Waals surface area contributed by atoms with Crippen molar-refractivity contribution in [3.05, 3.63) is 65.5 Å². The molecule has 0 spiro atoms. The first kappa shape index (κ1) is 20.5. The number of nitrogens with zero attached hydrogens (tertiary/aromatic N) is 2. The van der Waals surface area contributed by atoms with Crippen LogP contribution in [0.3, 0.4) is 0 Å². The Bertz CT molecular complexity index is 1150. The molecule has 0 bridgehead atoms. The summed E-state index contributed by atoms with van der Waals surface area (Å²) in [7, 11) is -3.34. The third-order valence-electron chi connectivity index (χ3n) is 4.37. The number of amides is 2. The monoisotopic (exact) mass is 414 g/mol. The molecule has 1 aromatic heterocycles. The van der Waals surface area contributed by atoms with Gasteiger partial charge in [0.05, 0.1) is 11.0 Å². The quantitative estimate of drug-likeness (QED) is 0.596. The van der Waals surface area contributed by atoms with E-state index in [9.17, 15) is 18.0 Å². The molecule has 3 rings (SSSR count). The summed E-state index contributed by atoms with van der Waals surface area (Å²) >= 11 is 0. The lowest BCUT2D eigenvalue weighted by Gasteiger charge is -2.11. The molecule has 0 aliphatic carbocycles. The molecule has 2 N–H and O–H groups in total. The van der Waals surface area contributed by atoms with Gasteiger partial charge in [-0.25, -0.2) is 13.4 Å². The Morgan fingerprint density at radius 2 is 1.72 bits per heavy atom. The van der Waals surface area contributed by atoms with E-state index in [-0.39, 0.29) is 18.1 Å². The average molecular weight is 414 g/mol. The van der Waals surface area contributed by atoms with Crippen molar-refractivity contribution in [2.75, 3.05) is 6.26 Å². The van der Waals surface area contributed by atoms with E-state index < -0.39 is 21.7 Å². The first-order valence-corrected chi connectivity index (χ1v) is 11.1. The van der Waals surface area contributed by atoms with Crippen molar-refractivity contribution in [1.82, 2.24) is 20.4 Å². The summed E-state index contributed by atoms with van der Waals surface area (Å²) in [6, 6.07) is 14.2. The third-order valence-corrected chi connectivity index (χ3v) is 5.15. The normalized spacial score (nSPS) is 11.4. The van der Waals surface area contributed by atoms with Gasteiger partial charge in [-0.2, -0.15) is 0 Å². The molecule has 2 aromatic carbocycles. The first-order chi connectivity index (χ1) is 13.8. The second kappa shape index (κ2) is 8.44. The zero-order valence-corrected chi connectivity index (χ0v) is 17.0. The van der Waals surface area contributed by atoms with Gasteiger partial charge >= 0.3 is 0 Å². The number of hydrazine groups is 1. The maximum Gasteiger partial charge on any atom is 0.269 e. The Hall–Kier alpha value is -3.20. The van der Waals surface area contributed by atoms with Crippen LogP contribution in [0.15, 0.2) is 48.5 Å². The highest BCUT2D eigenvalue weighted by molar-refractivity contribution is 7.89. The second-order valence-electron chi connectivity index (χ2n) is 6.73. The van der Waals surface area contributed by atoms with Crippen molar-refractivity contribution < 1.29 is 18.0 Å². The number of hydrogen-bond acceptors (Lipinski definition) is 5. The van der Waals surface area contributed by atoms with E-state index in [0.717, 1.165) is 18.2 Å². The number of hydrogen-bond donors (Lipinski definition) is 2. The summed E-state index contributed by atoms with van der Waals surface area (Å²) < 4.78 is 25.0. The predicted octanol–water partition coefficient (Wildman–Crippen LogP) is 1.60. The zero-order valence-electron chi connectivity index (χ0n) is 16.2. The van der Waals surface area contributed by atoms with Crippen LogP contribution in [0.25, 0.3) is 11.0 Å². The van der Waals surface area contributed by atoms with Gasteiger partial charge in [0.2, 0.25) is 0 Å². The summed E-state index contributed by atoms with van der Waals surface area (Å²) in [5.41, 5.74) is 7.51. The van der Waals surface area contributed by atoms with Crippen LogP contribution >= 0.6 is 0 Å². The number of fused-ring (bicyclic) bond motifs is 1. The number of nitrogens with one attached hydrogen (secondary N) is 2. The highest BCUT2D eigenvalue weighted by Crippen LogP contribution is 2.17. The molecule has 9 heteroatoms. The van der Waals surface area contributed by atoms with Crippen molar-refractivity contribution in [2.24, 2.45) is 0 Å². The maximum absolute atomic E-state index is 12.4. The molecule has 0 saturated carbocycles. The fraction of sp³-hybridized carbons (Fsp3) is 0.250. The first-order valence-electron chi connectivity index (χ1n) is 9.07. The molecule has 3 aromatic rings. The Labute approximate surface area is 168 Å². The minimum atomic E-state index is -3.34. The summed E-state index contributed by atoms with van der Waals surface area (Å²) in [6.07, 6.45) is 1.98. The molecule has 0 unspecified atom stereocenters. The number of benzene rings is 2. The van der Waals surface area contributed by atoms with Crippen LogP contribution in [-0.4, -0.2) is 36.0 Å². The van der Waals surface area contributed by atoms with E-state index in [1.165, 1.54) is 4.57 Å².